The molecule has 35 heavy (non-hydrogen) atoms. The Labute approximate surface area is 211 Å². The molecule has 1 aromatic heterocycles. The third kappa shape index (κ3) is 7.80. The number of carbonyl (C=O) groups is 2. The molecule has 2 N–H and O–H groups in total. The first-order valence-electron chi connectivity index (χ1n) is 12.0. The maximum Gasteiger partial charge on any atom is 0.411 e. The monoisotopic (exact) mass is 521 g/mol. The maximum atomic E-state index is 13.1. The van der Waals surface area contributed by atoms with Crippen LogP contribution in [-0.4, -0.2) is 48.7 Å². The van der Waals surface area contributed by atoms with Gasteiger partial charge in [-0.1, -0.05) is 6.07 Å². The van der Waals surface area contributed by atoms with E-state index in [0.29, 0.717) is 16.9 Å². The standard InChI is InChI=1S/C25H36N3O5PS/c1-15(2)32-24(29)27-18-9-7-17(8-10-18)23-26-14-22(35-23)20-12-11-19(13-21(20)34(5,6)31)28-25(30)33-16(3)4/h11-18H,7-10H2,1-6H3,(H,27,29)(H,28,30)/t17-,18-. The summed E-state index contributed by atoms with van der Waals surface area (Å²) in [4.78, 5) is 29.5. The second kappa shape index (κ2) is 11.6. The van der Waals surface area contributed by atoms with Crippen molar-refractivity contribution < 1.29 is 23.6 Å². The minimum absolute atomic E-state index is 0.122. The van der Waals surface area contributed by atoms with E-state index in [2.05, 4.69) is 10.6 Å². The zero-order valence-corrected chi connectivity index (χ0v) is 23.0. The van der Waals surface area contributed by atoms with E-state index in [4.69, 9.17) is 14.5 Å². The van der Waals surface area contributed by atoms with Crippen LogP contribution in [0.15, 0.2) is 24.4 Å². The Balaban J connectivity index is 1.71. The number of aromatic nitrogens is 1. The highest BCUT2D eigenvalue weighted by molar-refractivity contribution is 7.70. The van der Waals surface area contributed by atoms with Gasteiger partial charge in [-0.3, -0.25) is 5.32 Å². The number of carbonyl (C=O) groups excluding carboxylic acids is 2. The molecule has 1 aliphatic carbocycles. The molecule has 0 bridgehead atoms. The summed E-state index contributed by atoms with van der Waals surface area (Å²) in [5.41, 5.74) is 1.42. The number of ether oxygens (including phenoxy) is 2. The minimum Gasteiger partial charge on any atom is -0.447 e. The molecule has 0 aliphatic heterocycles. The van der Waals surface area contributed by atoms with Crippen LogP contribution in [0.5, 0.6) is 0 Å². The molecule has 2 amide bonds. The number of nitrogens with zero attached hydrogens (tertiary/aromatic N) is 1. The first kappa shape index (κ1) is 27.2. The van der Waals surface area contributed by atoms with Crippen LogP contribution < -0.4 is 15.9 Å². The molecule has 2 aromatic rings. The number of anilines is 1. The quantitative estimate of drug-likeness (QED) is 0.422. The zero-order chi connectivity index (χ0) is 25.8. The van der Waals surface area contributed by atoms with Gasteiger partial charge in [0.15, 0.2) is 0 Å². The average Bonchev–Trinajstić information content (AvgIpc) is 3.22. The summed E-state index contributed by atoms with van der Waals surface area (Å²) in [6.45, 7) is 10.7. The van der Waals surface area contributed by atoms with Crippen molar-refractivity contribution in [3.8, 4) is 10.4 Å². The first-order valence-corrected chi connectivity index (χ1v) is 15.4. The van der Waals surface area contributed by atoms with Crippen LogP contribution in [0.1, 0.15) is 64.3 Å². The molecule has 192 valence electrons. The molecule has 1 aliphatic rings. The predicted molar refractivity (Wildman–Crippen MR) is 142 cm³/mol. The molecule has 8 nitrogen and oxygen atoms in total. The van der Waals surface area contributed by atoms with Crippen molar-refractivity contribution >= 4 is 41.7 Å². The van der Waals surface area contributed by atoms with Crippen molar-refractivity contribution in [2.75, 3.05) is 18.6 Å². The Morgan fingerprint density at radius 3 is 2.26 bits per heavy atom. The van der Waals surface area contributed by atoms with E-state index in [-0.39, 0.29) is 24.3 Å². The number of alkyl carbamates (subject to hydrolysis) is 1. The number of thiazole rings is 1. The van der Waals surface area contributed by atoms with E-state index < -0.39 is 13.2 Å². The summed E-state index contributed by atoms with van der Waals surface area (Å²) >= 11 is 1.62. The third-order valence-electron chi connectivity index (χ3n) is 5.70. The molecule has 0 atom stereocenters. The van der Waals surface area contributed by atoms with Gasteiger partial charge in [0.05, 0.1) is 22.1 Å². The van der Waals surface area contributed by atoms with Crippen molar-refractivity contribution in [1.82, 2.24) is 10.3 Å². The summed E-state index contributed by atoms with van der Waals surface area (Å²) in [7, 11) is -2.64. The highest BCUT2D eigenvalue weighted by Crippen LogP contribution is 2.43. The van der Waals surface area contributed by atoms with E-state index in [1.54, 1.807) is 50.6 Å². The van der Waals surface area contributed by atoms with E-state index in [1.807, 2.05) is 26.1 Å². The first-order chi connectivity index (χ1) is 16.4. The summed E-state index contributed by atoms with van der Waals surface area (Å²) in [6.07, 6.45) is 4.22. The lowest BCUT2D eigenvalue weighted by Gasteiger charge is -2.28. The van der Waals surface area contributed by atoms with Crippen LogP contribution in [0.3, 0.4) is 0 Å². The smallest absolute Gasteiger partial charge is 0.411 e. The average molecular weight is 522 g/mol. The lowest BCUT2D eigenvalue weighted by molar-refractivity contribution is 0.109. The fourth-order valence-corrected chi connectivity index (χ4v) is 6.55. The van der Waals surface area contributed by atoms with Gasteiger partial charge in [-0.2, -0.15) is 0 Å². The number of rotatable bonds is 7. The summed E-state index contributed by atoms with van der Waals surface area (Å²) in [6, 6.07) is 5.57. The highest BCUT2D eigenvalue weighted by atomic mass is 32.1. The van der Waals surface area contributed by atoms with Gasteiger partial charge in [0.2, 0.25) is 0 Å². The molecule has 0 saturated heterocycles. The van der Waals surface area contributed by atoms with E-state index in [1.165, 1.54) is 0 Å². The van der Waals surface area contributed by atoms with Crippen molar-refractivity contribution in [3.63, 3.8) is 0 Å². The fraction of sp³-hybridized carbons (Fsp3) is 0.560. The molecule has 3 rings (SSSR count). The molecular weight excluding hydrogens is 485 g/mol. The van der Waals surface area contributed by atoms with E-state index in [9.17, 15) is 14.2 Å². The van der Waals surface area contributed by atoms with Gasteiger partial charge < -0.3 is 19.4 Å². The molecule has 0 radical (unpaired) electrons. The van der Waals surface area contributed by atoms with Gasteiger partial charge in [-0.05, 0) is 78.8 Å². The molecule has 0 unspecified atom stereocenters. The SMILES string of the molecule is CC(C)OC(=O)Nc1ccc(-c2cnc([C@H]3CC[C@H](NC(=O)OC(C)C)CC3)s2)c(P(C)(C)=O)c1. The topological polar surface area (TPSA) is 107 Å². The van der Waals surface area contributed by atoms with Gasteiger partial charge in [0.25, 0.3) is 0 Å². The Morgan fingerprint density at radius 2 is 1.66 bits per heavy atom. The summed E-state index contributed by atoms with van der Waals surface area (Å²) in [5, 5.41) is 7.43. The van der Waals surface area contributed by atoms with Crippen molar-refractivity contribution in [2.24, 2.45) is 0 Å². The van der Waals surface area contributed by atoms with Crippen molar-refractivity contribution in [2.45, 2.75) is 77.5 Å². The molecule has 1 heterocycles. The van der Waals surface area contributed by atoms with Crippen molar-refractivity contribution in [1.29, 1.82) is 0 Å². The maximum absolute atomic E-state index is 13.1. The lowest BCUT2D eigenvalue weighted by atomic mass is 9.86. The largest absolute Gasteiger partial charge is 0.447 e. The molecule has 1 saturated carbocycles. The third-order valence-corrected chi connectivity index (χ3v) is 8.42. The molecule has 1 aromatic carbocycles. The summed E-state index contributed by atoms with van der Waals surface area (Å²) in [5.74, 6) is 0.332. The van der Waals surface area contributed by atoms with Gasteiger partial charge in [-0.15, -0.1) is 11.3 Å². The van der Waals surface area contributed by atoms with Crippen LogP contribution in [-0.2, 0) is 14.0 Å². The number of nitrogens with one attached hydrogen (secondary N) is 2. The summed E-state index contributed by atoms with van der Waals surface area (Å²) < 4.78 is 23.5. The van der Waals surface area contributed by atoms with Crippen LogP contribution in [0.25, 0.3) is 10.4 Å². The van der Waals surface area contributed by atoms with Crippen LogP contribution in [0.4, 0.5) is 15.3 Å². The number of hydrogen-bond donors (Lipinski definition) is 2. The molecule has 1 fully saturated rings. The second-order valence-electron chi connectivity index (χ2n) is 9.87. The van der Waals surface area contributed by atoms with Crippen LogP contribution >= 0.6 is 18.5 Å². The van der Waals surface area contributed by atoms with Gasteiger partial charge >= 0.3 is 12.2 Å². The van der Waals surface area contributed by atoms with E-state index >= 15 is 0 Å². The Hall–Kier alpha value is -2.38. The van der Waals surface area contributed by atoms with Crippen molar-refractivity contribution in [3.05, 3.63) is 29.4 Å². The number of benzene rings is 1. The zero-order valence-electron chi connectivity index (χ0n) is 21.3. The molecule has 10 heteroatoms. The lowest BCUT2D eigenvalue weighted by Crippen LogP contribution is -2.38. The van der Waals surface area contributed by atoms with E-state index in [0.717, 1.165) is 41.1 Å². The van der Waals surface area contributed by atoms with Crippen LogP contribution in [0.2, 0.25) is 0 Å². The highest BCUT2D eigenvalue weighted by Gasteiger charge is 2.27. The van der Waals surface area contributed by atoms with Gasteiger partial charge in [-0.25, -0.2) is 14.6 Å². The Bertz CT molecular complexity index is 1090. The Morgan fingerprint density at radius 1 is 1.03 bits per heavy atom. The molecular formula is C25H36N3O5PS. The normalized spacial score (nSPS) is 18.4. The Kier molecular flexibility index (Phi) is 9.00. The number of hydrogen-bond acceptors (Lipinski definition) is 7. The number of amides is 2. The predicted octanol–water partition coefficient (Wildman–Crippen LogP) is 6.18. The van der Waals surface area contributed by atoms with Gasteiger partial charge in [0.1, 0.15) is 7.14 Å². The second-order valence-corrected chi connectivity index (χ2v) is 14.1. The van der Waals surface area contributed by atoms with Gasteiger partial charge in [0, 0.05) is 34.7 Å². The van der Waals surface area contributed by atoms with Crippen LogP contribution in [0, 0.1) is 0 Å². The minimum atomic E-state index is -2.64. The fourth-order valence-electron chi connectivity index (χ4n) is 4.13. The molecule has 0 spiro atoms.